The fourth-order valence-electron chi connectivity index (χ4n) is 3.13. The number of thiazole rings is 2. The van der Waals surface area contributed by atoms with Gasteiger partial charge in [0.1, 0.15) is 21.0 Å². The highest BCUT2D eigenvalue weighted by molar-refractivity contribution is 8.77. The molecule has 20 heteroatoms. The predicted molar refractivity (Wildman–Crippen MR) is 174 cm³/mol. The molecule has 0 fully saturated rings. The number of hydrogen-bond acceptors (Lipinski definition) is 14. The first-order valence-corrected chi connectivity index (χ1v) is 17.4. The summed E-state index contributed by atoms with van der Waals surface area (Å²) in [6, 6.07) is 0. The number of methoxy groups -OCH3 is 2. The Labute approximate surface area is 280 Å². The molecular weight excluding hydrogens is 685 g/mol. The molecule has 0 aliphatic rings. The second-order valence-electron chi connectivity index (χ2n) is 11.0. The molecule has 0 radical (unpaired) electrons. The zero-order valence-corrected chi connectivity index (χ0v) is 30.2. The predicted octanol–water partition coefficient (Wildman–Crippen LogP) is 3.50. The lowest BCUT2D eigenvalue weighted by Gasteiger charge is -2.20. The number of nitrogens with one attached hydrogen (secondary N) is 2. The summed E-state index contributed by atoms with van der Waals surface area (Å²) in [7, 11) is 4.45. The normalized spacial score (nSPS) is 12.4. The van der Waals surface area contributed by atoms with Crippen molar-refractivity contribution in [1.82, 2.24) is 9.35 Å². The number of hydrogen-bond donors (Lipinski definition) is 2. The summed E-state index contributed by atoms with van der Waals surface area (Å²) in [5.74, 6) is -2.92. The van der Waals surface area contributed by atoms with E-state index in [1.54, 1.807) is 55.4 Å². The van der Waals surface area contributed by atoms with Gasteiger partial charge in [-0.2, -0.15) is 9.98 Å². The third-order valence-corrected chi connectivity index (χ3v) is 9.28. The Morgan fingerprint density at radius 2 is 1.00 bits per heavy atom. The van der Waals surface area contributed by atoms with Crippen LogP contribution in [0.1, 0.15) is 72.3 Å². The number of amides is 4. The molecule has 0 atom stereocenters. The van der Waals surface area contributed by atoms with Gasteiger partial charge in [0.25, 0.3) is 11.8 Å². The molecule has 2 heterocycles. The van der Waals surface area contributed by atoms with Crippen molar-refractivity contribution in [3.8, 4) is 0 Å². The molecule has 2 N–H and O–H groups in total. The standard InChI is InChI=1S/C26H36N6O10S4/c1-13-17(19(35)39-9)45-21(31(13)29-23(37)41-25(3,4)5)27-15(33)11-43-44-12-16(34)28-22-32(30-24(38)42-26(6,7)8)14(2)18(46-22)20(36)40-10/h11-12H2,1-10H3,(H,29,37)(H,30,38). The van der Waals surface area contributed by atoms with Crippen LogP contribution in [-0.4, -0.2) is 82.2 Å². The number of nitrogens with zero attached hydrogens (tertiary/aromatic N) is 4. The molecule has 0 unspecified atom stereocenters. The van der Waals surface area contributed by atoms with E-state index in [0.29, 0.717) is 0 Å². The van der Waals surface area contributed by atoms with E-state index in [9.17, 15) is 28.8 Å². The van der Waals surface area contributed by atoms with E-state index in [0.717, 1.165) is 53.6 Å². The lowest BCUT2D eigenvalue weighted by Crippen LogP contribution is -2.36. The summed E-state index contributed by atoms with van der Waals surface area (Å²) in [4.78, 5) is 82.8. The van der Waals surface area contributed by atoms with Crippen molar-refractivity contribution in [1.29, 1.82) is 0 Å². The van der Waals surface area contributed by atoms with Gasteiger partial charge >= 0.3 is 24.1 Å². The van der Waals surface area contributed by atoms with E-state index in [1.807, 2.05) is 0 Å². The Morgan fingerprint density at radius 3 is 1.28 bits per heavy atom. The largest absolute Gasteiger partial charge is 0.465 e. The van der Waals surface area contributed by atoms with Gasteiger partial charge in [-0.3, -0.25) is 9.59 Å². The van der Waals surface area contributed by atoms with E-state index < -0.39 is 47.1 Å². The van der Waals surface area contributed by atoms with Crippen LogP contribution >= 0.6 is 44.3 Å². The topological polar surface area (TPSA) is 198 Å². The highest BCUT2D eigenvalue weighted by Crippen LogP contribution is 2.22. The molecule has 0 aromatic carbocycles. The van der Waals surface area contributed by atoms with Crippen LogP contribution < -0.4 is 20.5 Å². The lowest BCUT2D eigenvalue weighted by molar-refractivity contribution is -0.116. The molecule has 0 saturated heterocycles. The monoisotopic (exact) mass is 720 g/mol. The molecule has 0 aliphatic carbocycles. The van der Waals surface area contributed by atoms with E-state index in [1.165, 1.54) is 14.2 Å². The summed E-state index contributed by atoms with van der Waals surface area (Å²) in [5.41, 5.74) is 3.89. The molecule has 4 amide bonds. The first kappa shape index (κ1) is 38.6. The lowest BCUT2D eigenvalue weighted by atomic mass is 10.2. The Kier molecular flexibility index (Phi) is 13.6. The van der Waals surface area contributed by atoms with E-state index >= 15 is 0 Å². The minimum Gasteiger partial charge on any atom is -0.465 e. The van der Waals surface area contributed by atoms with Crippen molar-refractivity contribution in [3.05, 3.63) is 30.7 Å². The van der Waals surface area contributed by atoms with Gasteiger partial charge in [0.05, 0.1) is 37.1 Å². The van der Waals surface area contributed by atoms with Gasteiger partial charge in [-0.25, -0.2) is 39.4 Å². The van der Waals surface area contributed by atoms with E-state index in [-0.39, 0.29) is 42.3 Å². The van der Waals surface area contributed by atoms with Crippen LogP contribution in [0.2, 0.25) is 0 Å². The molecule has 0 aliphatic heterocycles. The van der Waals surface area contributed by atoms with Crippen LogP contribution in [0.25, 0.3) is 0 Å². The fraction of sp³-hybridized carbons (Fsp3) is 0.538. The smallest absolute Gasteiger partial charge is 0.427 e. The average molecular weight is 721 g/mol. The maximum atomic E-state index is 12.7. The highest BCUT2D eigenvalue weighted by atomic mass is 33.1. The van der Waals surface area contributed by atoms with E-state index in [2.05, 4.69) is 20.8 Å². The Hall–Kier alpha value is -3.62. The molecule has 2 rings (SSSR count). The molecule has 254 valence electrons. The van der Waals surface area contributed by atoms with Gasteiger partial charge in [0, 0.05) is 0 Å². The maximum Gasteiger partial charge on any atom is 0.427 e. The number of rotatable bonds is 9. The minimum absolute atomic E-state index is 0.00181. The van der Waals surface area contributed by atoms with Gasteiger partial charge < -0.3 is 18.9 Å². The van der Waals surface area contributed by atoms with Crippen molar-refractivity contribution in [2.75, 3.05) is 36.6 Å². The number of ether oxygens (including phenoxy) is 4. The number of aromatic nitrogens is 2. The summed E-state index contributed by atoms with van der Waals surface area (Å²) in [6.07, 6.45) is -1.65. The van der Waals surface area contributed by atoms with Crippen LogP contribution in [0.4, 0.5) is 9.59 Å². The Balaban J connectivity index is 2.18. The highest BCUT2D eigenvalue weighted by Gasteiger charge is 2.24. The molecule has 46 heavy (non-hydrogen) atoms. The van der Waals surface area contributed by atoms with Crippen molar-refractivity contribution in [2.45, 2.75) is 66.6 Å². The molecule has 0 spiro atoms. The van der Waals surface area contributed by atoms with Crippen LogP contribution in [0.15, 0.2) is 9.98 Å². The van der Waals surface area contributed by atoms with Crippen molar-refractivity contribution in [2.24, 2.45) is 9.98 Å². The zero-order chi connectivity index (χ0) is 35.0. The van der Waals surface area contributed by atoms with Crippen LogP contribution in [-0.2, 0) is 28.5 Å². The summed E-state index contributed by atoms with van der Waals surface area (Å²) in [5, 5.41) is 0. The minimum atomic E-state index is -0.826. The second kappa shape index (κ2) is 16.3. The van der Waals surface area contributed by atoms with Crippen molar-refractivity contribution >= 4 is 80.2 Å². The molecule has 0 saturated carbocycles. The third-order valence-electron chi connectivity index (χ3n) is 4.93. The average Bonchev–Trinajstić information content (AvgIpc) is 3.39. The molecule has 16 nitrogen and oxygen atoms in total. The van der Waals surface area contributed by atoms with Crippen LogP contribution in [0, 0.1) is 13.8 Å². The number of esters is 2. The summed E-state index contributed by atoms with van der Waals surface area (Å²) < 4.78 is 22.4. The zero-order valence-electron chi connectivity index (χ0n) is 26.9. The van der Waals surface area contributed by atoms with Gasteiger partial charge in [-0.05, 0) is 55.4 Å². The Morgan fingerprint density at radius 1 is 0.674 bits per heavy atom. The van der Waals surface area contributed by atoms with Crippen LogP contribution in [0.3, 0.4) is 0 Å². The van der Waals surface area contributed by atoms with Gasteiger partial charge in [-0.1, -0.05) is 44.3 Å². The van der Waals surface area contributed by atoms with Gasteiger partial charge in [-0.15, -0.1) is 0 Å². The fourth-order valence-corrected chi connectivity index (χ4v) is 6.75. The second-order valence-corrected chi connectivity index (χ2v) is 15.4. The van der Waals surface area contributed by atoms with Gasteiger partial charge in [0.15, 0.2) is 0 Å². The quantitative estimate of drug-likeness (QED) is 0.166. The first-order chi connectivity index (χ1) is 21.3. The van der Waals surface area contributed by atoms with Crippen molar-refractivity contribution < 1.29 is 47.7 Å². The third kappa shape index (κ3) is 11.6. The summed E-state index contributed by atoms with van der Waals surface area (Å²) in [6.45, 7) is 13.2. The van der Waals surface area contributed by atoms with Crippen LogP contribution in [0.5, 0.6) is 0 Å². The van der Waals surface area contributed by atoms with Crippen molar-refractivity contribution in [3.63, 3.8) is 0 Å². The summed E-state index contributed by atoms with van der Waals surface area (Å²) >= 11 is 1.68. The Bertz CT molecular complexity index is 1520. The number of carbonyl (C=O) groups is 6. The molecular formula is C26H36N6O10S4. The van der Waals surface area contributed by atoms with E-state index in [4.69, 9.17) is 18.9 Å². The maximum absolute atomic E-state index is 12.7. The first-order valence-electron chi connectivity index (χ1n) is 13.3. The van der Waals surface area contributed by atoms with Gasteiger partial charge in [0.2, 0.25) is 9.60 Å². The molecule has 2 aromatic heterocycles. The molecule has 2 aromatic rings. The molecule has 0 bridgehead atoms. The number of carbonyl (C=O) groups excluding carboxylic acids is 6. The SMILES string of the molecule is COC(=O)c1sc(=NC(=O)CSSCC(=O)N=c2sc(C(=O)OC)c(C)n2NC(=O)OC(C)(C)C)n(NC(=O)OC(C)(C)C)c1C.